The predicted molar refractivity (Wildman–Crippen MR) is 94.7 cm³/mol. The zero-order chi connectivity index (χ0) is 18.0. The van der Waals surface area contributed by atoms with Gasteiger partial charge in [0, 0.05) is 0 Å². The summed E-state index contributed by atoms with van der Waals surface area (Å²) in [5.41, 5.74) is 1.35. The fourth-order valence-electron chi connectivity index (χ4n) is 2.17. The van der Waals surface area contributed by atoms with Crippen molar-refractivity contribution in [3.05, 3.63) is 77.0 Å². The van der Waals surface area contributed by atoms with Gasteiger partial charge in [0.15, 0.2) is 5.76 Å². The third-order valence-corrected chi connectivity index (χ3v) is 5.49. The van der Waals surface area contributed by atoms with Gasteiger partial charge in [0.05, 0.1) is 15.6 Å². The number of nitrogens with one attached hydrogen (secondary N) is 1. The number of halogens is 1. The zero-order valence-corrected chi connectivity index (χ0v) is 14.8. The summed E-state index contributed by atoms with van der Waals surface area (Å²) in [6, 6.07) is 15.7. The van der Waals surface area contributed by atoms with Crippen LogP contribution in [-0.4, -0.2) is 14.3 Å². The third kappa shape index (κ3) is 3.60. The molecule has 128 valence electrons. The Morgan fingerprint density at radius 2 is 1.68 bits per heavy atom. The molecule has 1 amide bonds. The van der Waals surface area contributed by atoms with Crippen LogP contribution in [-0.2, 0) is 9.84 Å². The number of aryl methyl sites for hydroxylation is 1. The molecule has 0 radical (unpaired) electrons. The number of amides is 1. The minimum absolute atomic E-state index is 0.102. The van der Waals surface area contributed by atoms with Crippen molar-refractivity contribution in [2.24, 2.45) is 0 Å². The van der Waals surface area contributed by atoms with Crippen molar-refractivity contribution < 1.29 is 17.6 Å². The maximum absolute atomic E-state index is 12.5. The quantitative estimate of drug-likeness (QED) is 0.736. The molecule has 1 N–H and O–H groups in total. The molecule has 0 unspecified atom stereocenters. The number of anilines is 1. The number of hydrogen-bond acceptors (Lipinski definition) is 4. The van der Waals surface area contributed by atoms with E-state index in [0.717, 1.165) is 5.56 Å². The number of sulfone groups is 1. The first-order valence-corrected chi connectivity index (χ1v) is 9.21. The van der Waals surface area contributed by atoms with Crippen LogP contribution in [0, 0.1) is 6.92 Å². The Bertz CT molecular complexity index is 1020. The number of benzene rings is 2. The van der Waals surface area contributed by atoms with Gasteiger partial charge in [-0.2, -0.15) is 0 Å². The van der Waals surface area contributed by atoms with Gasteiger partial charge in [-0.15, -0.1) is 0 Å². The van der Waals surface area contributed by atoms with Crippen LogP contribution in [0.4, 0.5) is 5.69 Å². The first-order chi connectivity index (χ1) is 11.9. The Labute approximate surface area is 150 Å². The van der Waals surface area contributed by atoms with Gasteiger partial charge in [-0.05, 0) is 43.3 Å². The van der Waals surface area contributed by atoms with Crippen molar-refractivity contribution in [3.63, 3.8) is 0 Å². The first-order valence-electron chi connectivity index (χ1n) is 7.35. The number of furan rings is 1. The van der Waals surface area contributed by atoms with Gasteiger partial charge in [-0.1, -0.05) is 41.4 Å². The van der Waals surface area contributed by atoms with Gasteiger partial charge >= 0.3 is 0 Å². The van der Waals surface area contributed by atoms with E-state index in [1.165, 1.54) is 24.3 Å². The summed E-state index contributed by atoms with van der Waals surface area (Å²) in [5.74, 6) is -0.705. The van der Waals surface area contributed by atoms with Crippen LogP contribution < -0.4 is 5.32 Å². The lowest BCUT2D eigenvalue weighted by molar-refractivity contribution is 0.0991. The summed E-state index contributed by atoms with van der Waals surface area (Å²) in [5, 5.41) is 2.66. The molecule has 1 heterocycles. The van der Waals surface area contributed by atoms with Crippen LogP contribution in [0.25, 0.3) is 0 Å². The van der Waals surface area contributed by atoms with E-state index in [4.69, 9.17) is 16.0 Å². The van der Waals surface area contributed by atoms with Gasteiger partial charge in [-0.3, -0.25) is 4.79 Å². The fraction of sp³-hybridized carbons (Fsp3) is 0.0556. The Kier molecular flexibility index (Phi) is 4.65. The highest BCUT2D eigenvalue weighted by molar-refractivity contribution is 7.91. The lowest BCUT2D eigenvalue weighted by Gasteiger charge is -2.05. The predicted octanol–water partition coefficient (Wildman–Crippen LogP) is 4.33. The minimum atomic E-state index is -3.82. The lowest BCUT2D eigenvalue weighted by atomic mass is 10.2. The number of hydrogen-bond donors (Lipinski definition) is 1. The largest absolute Gasteiger partial charge is 0.439 e. The molecule has 0 aliphatic rings. The van der Waals surface area contributed by atoms with Crippen LogP contribution in [0.3, 0.4) is 0 Å². The Morgan fingerprint density at radius 3 is 2.36 bits per heavy atom. The van der Waals surface area contributed by atoms with Crippen molar-refractivity contribution in [2.45, 2.75) is 16.9 Å². The van der Waals surface area contributed by atoms with Crippen LogP contribution in [0.15, 0.2) is 75.1 Å². The molecule has 0 saturated carbocycles. The molecule has 3 aromatic rings. The highest BCUT2D eigenvalue weighted by Gasteiger charge is 2.23. The van der Waals surface area contributed by atoms with E-state index in [-0.39, 0.29) is 15.7 Å². The smallest absolute Gasteiger partial charge is 0.291 e. The standard InChI is InChI=1S/C18H14ClNO4S/c1-12-6-8-13(9-7-12)25(22,23)17-11-10-16(24-17)18(21)20-15-5-3-2-4-14(15)19/h2-11H,1H3,(H,20,21). The average Bonchev–Trinajstić information content (AvgIpc) is 3.08. The molecule has 0 aliphatic carbocycles. The number of carbonyl (C=O) groups is 1. The molecule has 3 rings (SSSR count). The second-order valence-corrected chi connectivity index (χ2v) is 7.66. The topological polar surface area (TPSA) is 76.4 Å². The zero-order valence-electron chi connectivity index (χ0n) is 13.2. The summed E-state index contributed by atoms with van der Waals surface area (Å²) in [7, 11) is -3.82. The molecular weight excluding hydrogens is 362 g/mol. The molecule has 25 heavy (non-hydrogen) atoms. The average molecular weight is 376 g/mol. The maximum Gasteiger partial charge on any atom is 0.291 e. The van der Waals surface area contributed by atoms with Gasteiger partial charge in [0.1, 0.15) is 0 Å². The van der Waals surface area contributed by atoms with E-state index in [2.05, 4.69) is 5.32 Å². The van der Waals surface area contributed by atoms with Gasteiger partial charge in [-0.25, -0.2) is 8.42 Å². The molecule has 2 aromatic carbocycles. The number of carbonyl (C=O) groups excluding carboxylic acids is 1. The molecule has 0 spiro atoms. The van der Waals surface area contributed by atoms with Crippen LogP contribution in [0.1, 0.15) is 16.1 Å². The highest BCUT2D eigenvalue weighted by atomic mass is 35.5. The van der Waals surface area contributed by atoms with Crippen LogP contribution in [0.5, 0.6) is 0 Å². The highest BCUT2D eigenvalue weighted by Crippen LogP contribution is 2.25. The summed E-state index contributed by atoms with van der Waals surface area (Å²) >= 11 is 5.99. The maximum atomic E-state index is 12.5. The third-order valence-electron chi connectivity index (χ3n) is 3.52. The summed E-state index contributed by atoms with van der Waals surface area (Å²) in [6.07, 6.45) is 0. The molecule has 0 atom stereocenters. The number of rotatable bonds is 4. The van der Waals surface area contributed by atoms with Gasteiger partial charge in [0.25, 0.3) is 5.91 Å². The van der Waals surface area contributed by atoms with E-state index >= 15 is 0 Å². The van der Waals surface area contributed by atoms with Crippen LogP contribution >= 0.6 is 11.6 Å². The SMILES string of the molecule is Cc1ccc(S(=O)(=O)c2ccc(C(=O)Nc3ccccc3Cl)o2)cc1. The molecule has 0 aliphatic heterocycles. The van der Waals surface area contributed by atoms with E-state index in [0.29, 0.717) is 10.7 Å². The Balaban J connectivity index is 1.85. The molecule has 0 fully saturated rings. The van der Waals surface area contributed by atoms with Crippen molar-refractivity contribution in [3.8, 4) is 0 Å². The molecule has 7 heteroatoms. The van der Waals surface area contributed by atoms with E-state index in [9.17, 15) is 13.2 Å². The van der Waals surface area contributed by atoms with Gasteiger partial charge in [0.2, 0.25) is 14.9 Å². The molecule has 0 bridgehead atoms. The summed E-state index contributed by atoms with van der Waals surface area (Å²) < 4.78 is 30.4. The minimum Gasteiger partial charge on any atom is -0.439 e. The summed E-state index contributed by atoms with van der Waals surface area (Å²) in [4.78, 5) is 12.3. The van der Waals surface area contributed by atoms with Crippen molar-refractivity contribution in [1.82, 2.24) is 0 Å². The molecule has 5 nitrogen and oxygen atoms in total. The second kappa shape index (κ2) is 6.74. The lowest BCUT2D eigenvalue weighted by Crippen LogP contribution is -2.11. The summed E-state index contributed by atoms with van der Waals surface area (Å²) in [6.45, 7) is 1.86. The van der Waals surface area contributed by atoms with E-state index in [1.54, 1.807) is 36.4 Å². The first kappa shape index (κ1) is 17.3. The van der Waals surface area contributed by atoms with E-state index in [1.807, 2.05) is 6.92 Å². The fourth-order valence-corrected chi connectivity index (χ4v) is 3.52. The molecule has 1 aromatic heterocycles. The Morgan fingerprint density at radius 1 is 1.00 bits per heavy atom. The van der Waals surface area contributed by atoms with Crippen molar-refractivity contribution in [1.29, 1.82) is 0 Å². The van der Waals surface area contributed by atoms with Gasteiger partial charge < -0.3 is 9.73 Å². The van der Waals surface area contributed by atoms with Crippen molar-refractivity contribution in [2.75, 3.05) is 5.32 Å². The molecular formula is C18H14ClNO4S. The monoisotopic (exact) mass is 375 g/mol. The van der Waals surface area contributed by atoms with E-state index < -0.39 is 15.7 Å². The molecule has 0 saturated heterocycles. The normalized spacial score (nSPS) is 11.3. The second-order valence-electron chi connectivity index (χ2n) is 5.37. The van der Waals surface area contributed by atoms with Crippen molar-refractivity contribution >= 4 is 33.0 Å². The Hall–Kier alpha value is -2.57. The van der Waals surface area contributed by atoms with Crippen LogP contribution in [0.2, 0.25) is 5.02 Å². The number of para-hydroxylation sites is 1.